The second-order valence-electron chi connectivity index (χ2n) is 3.23. The van der Waals surface area contributed by atoms with E-state index in [-0.39, 0.29) is 6.79 Å². The third-order valence-electron chi connectivity index (χ3n) is 2.28. The van der Waals surface area contributed by atoms with Crippen LogP contribution >= 0.6 is 11.6 Å². The SMILES string of the molecule is COC(=O)[C@@H](N)c1cc2c(cc1Cl)OCO2. The van der Waals surface area contributed by atoms with E-state index in [9.17, 15) is 4.79 Å². The fourth-order valence-electron chi connectivity index (χ4n) is 1.43. The highest BCUT2D eigenvalue weighted by Crippen LogP contribution is 2.38. The first-order valence-corrected chi connectivity index (χ1v) is 4.93. The molecule has 0 aromatic heterocycles. The quantitative estimate of drug-likeness (QED) is 0.792. The number of hydrogen-bond acceptors (Lipinski definition) is 5. The van der Waals surface area contributed by atoms with Crippen molar-refractivity contribution in [1.82, 2.24) is 0 Å². The summed E-state index contributed by atoms with van der Waals surface area (Å²) in [6.45, 7) is 0.141. The summed E-state index contributed by atoms with van der Waals surface area (Å²) in [6, 6.07) is 2.24. The van der Waals surface area contributed by atoms with Gasteiger partial charge in [-0.3, -0.25) is 4.79 Å². The summed E-state index contributed by atoms with van der Waals surface area (Å²) < 4.78 is 14.9. The van der Waals surface area contributed by atoms with Crippen LogP contribution in [0.2, 0.25) is 5.02 Å². The molecule has 0 unspecified atom stereocenters. The van der Waals surface area contributed by atoms with Crippen molar-refractivity contribution in [2.45, 2.75) is 6.04 Å². The number of hydrogen-bond donors (Lipinski definition) is 1. The molecule has 1 atom stereocenters. The van der Waals surface area contributed by atoms with E-state index in [4.69, 9.17) is 26.8 Å². The van der Waals surface area contributed by atoms with Gasteiger partial charge in [0, 0.05) is 16.7 Å². The molecule has 2 N–H and O–H groups in total. The Bertz CT molecular complexity index is 435. The lowest BCUT2D eigenvalue weighted by atomic mass is 10.1. The summed E-state index contributed by atoms with van der Waals surface area (Å²) in [5, 5.41) is 0.349. The van der Waals surface area contributed by atoms with Gasteiger partial charge in [0.15, 0.2) is 11.5 Å². The maximum Gasteiger partial charge on any atom is 0.327 e. The third kappa shape index (κ3) is 1.79. The van der Waals surface area contributed by atoms with Gasteiger partial charge in [0.25, 0.3) is 0 Å². The smallest absolute Gasteiger partial charge is 0.327 e. The predicted molar refractivity (Wildman–Crippen MR) is 56.5 cm³/mol. The van der Waals surface area contributed by atoms with Gasteiger partial charge in [0.05, 0.1) is 7.11 Å². The average Bonchev–Trinajstić information content (AvgIpc) is 2.72. The summed E-state index contributed by atoms with van der Waals surface area (Å²) in [4.78, 5) is 11.3. The summed E-state index contributed by atoms with van der Waals surface area (Å²) in [5.41, 5.74) is 6.14. The van der Waals surface area contributed by atoms with E-state index in [2.05, 4.69) is 4.74 Å². The molecule has 0 bridgehead atoms. The van der Waals surface area contributed by atoms with Crippen LogP contribution in [0.5, 0.6) is 11.5 Å². The predicted octanol–water partition coefficient (Wildman–Crippen LogP) is 1.24. The van der Waals surface area contributed by atoms with Crippen molar-refractivity contribution in [3.8, 4) is 11.5 Å². The molecule has 1 aromatic carbocycles. The minimum Gasteiger partial charge on any atom is -0.468 e. The highest BCUT2D eigenvalue weighted by Gasteiger charge is 2.24. The fourth-order valence-corrected chi connectivity index (χ4v) is 1.70. The molecule has 0 saturated carbocycles. The second-order valence-corrected chi connectivity index (χ2v) is 3.64. The van der Waals surface area contributed by atoms with Gasteiger partial charge in [-0.1, -0.05) is 11.6 Å². The van der Waals surface area contributed by atoms with Crippen molar-refractivity contribution in [2.75, 3.05) is 13.9 Å². The molecular formula is C10H10ClNO4. The van der Waals surface area contributed by atoms with Gasteiger partial charge in [0.2, 0.25) is 6.79 Å². The van der Waals surface area contributed by atoms with Gasteiger partial charge in [-0.2, -0.15) is 0 Å². The number of nitrogens with two attached hydrogens (primary N) is 1. The van der Waals surface area contributed by atoms with Crippen LogP contribution in [0.25, 0.3) is 0 Å². The van der Waals surface area contributed by atoms with Crippen molar-refractivity contribution in [3.63, 3.8) is 0 Å². The van der Waals surface area contributed by atoms with Crippen molar-refractivity contribution in [3.05, 3.63) is 22.7 Å². The molecule has 1 heterocycles. The van der Waals surface area contributed by atoms with Crippen molar-refractivity contribution < 1.29 is 19.0 Å². The number of rotatable bonds is 2. The van der Waals surface area contributed by atoms with Gasteiger partial charge in [0.1, 0.15) is 6.04 Å². The molecule has 0 aliphatic carbocycles. The van der Waals surface area contributed by atoms with E-state index in [0.717, 1.165) is 0 Å². The van der Waals surface area contributed by atoms with E-state index >= 15 is 0 Å². The molecule has 1 aromatic rings. The molecule has 86 valence electrons. The van der Waals surface area contributed by atoms with Crippen LogP contribution in [-0.4, -0.2) is 19.9 Å². The standard InChI is InChI=1S/C10H10ClNO4/c1-14-10(13)9(12)5-2-7-8(3-6(5)11)16-4-15-7/h2-3,9H,4,12H2,1H3/t9-/m0/s1. The topological polar surface area (TPSA) is 70.8 Å². The van der Waals surface area contributed by atoms with Crippen LogP contribution in [0, 0.1) is 0 Å². The zero-order valence-electron chi connectivity index (χ0n) is 8.53. The number of halogens is 1. The molecule has 2 rings (SSSR count). The molecule has 16 heavy (non-hydrogen) atoms. The van der Waals surface area contributed by atoms with Crippen LogP contribution in [-0.2, 0) is 9.53 Å². The molecule has 0 fully saturated rings. The number of methoxy groups -OCH3 is 1. The first-order valence-electron chi connectivity index (χ1n) is 4.56. The maximum absolute atomic E-state index is 11.3. The average molecular weight is 244 g/mol. The molecule has 6 heteroatoms. The van der Waals surface area contributed by atoms with Gasteiger partial charge in [-0.15, -0.1) is 0 Å². The van der Waals surface area contributed by atoms with E-state index in [0.29, 0.717) is 22.1 Å². The first-order chi connectivity index (χ1) is 7.63. The molecular weight excluding hydrogens is 234 g/mol. The molecule has 1 aliphatic heterocycles. The summed E-state index contributed by atoms with van der Waals surface area (Å²) in [7, 11) is 1.27. The van der Waals surface area contributed by atoms with Crippen LogP contribution in [0.4, 0.5) is 0 Å². The Labute approximate surface area is 97.0 Å². The highest BCUT2D eigenvalue weighted by atomic mass is 35.5. The largest absolute Gasteiger partial charge is 0.468 e. The maximum atomic E-state index is 11.3. The van der Waals surface area contributed by atoms with E-state index < -0.39 is 12.0 Å². The Kier molecular flexibility index (Phi) is 2.89. The Morgan fingerprint density at radius 1 is 1.50 bits per heavy atom. The highest BCUT2D eigenvalue weighted by molar-refractivity contribution is 6.31. The molecule has 0 saturated heterocycles. The first kappa shape index (κ1) is 11.0. The molecule has 0 amide bonds. The molecule has 0 spiro atoms. The number of ether oxygens (including phenoxy) is 3. The second kappa shape index (κ2) is 4.19. The Hall–Kier alpha value is -1.46. The number of esters is 1. The lowest BCUT2D eigenvalue weighted by molar-refractivity contribution is -0.142. The number of fused-ring (bicyclic) bond motifs is 1. The minimum absolute atomic E-state index is 0.141. The summed E-state index contributed by atoms with van der Waals surface area (Å²) in [5.74, 6) is 0.519. The van der Waals surface area contributed by atoms with Crippen molar-refractivity contribution in [1.29, 1.82) is 0 Å². The van der Waals surface area contributed by atoms with Crippen LogP contribution in [0.1, 0.15) is 11.6 Å². The van der Waals surface area contributed by atoms with Gasteiger partial charge in [-0.25, -0.2) is 0 Å². The Morgan fingerprint density at radius 2 is 2.12 bits per heavy atom. The van der Waals surface area contributed by atoms with Crippen LogP contribution < -0.4 is 15.2 Å². The van der Waals surface area contributed by atoms with Crippen molar-refractivity contribution >= 4 is 17.6 Å². The van der Waals surface area contributed by atoms with E-state index in [1.165, 1.54) is 7.11 Å². The number of carbonyl (C=O) groups is 1. The Morgan fingerprint density at radius 3 is 2.75 bits per heavy atom. The summed E-state index contributed by atoms with van der Waals surface area (Å²) in [6.07, 6.45) is 0. The number of carbonyl (C=O) groups excluding carboxylic acids is 1. The van der Waals surface area contributed by atoms with Gasteiger partial charge < -0.3 is 19.9 Å². The normalized spacial score (nSPS) is 14.7. The fraction of sp³-hybridized carbons (Fsp3) is 0.300. The molecule has 1 aliphatic rings. The van der Waals surface area contributed by atoms with Gasteiger partial charge in [-0.05, 0) is 6.07 Å². The minimum atomic E-state index is -0.924. The van der Waals surface area contributed by atoms with E-state index in [1.54, 1.807) is 12.1 Å². The molecule has 0 radical (unpaired) electrons. The zero-order chi connectivity index (χ0) is 11.7. The number of benzene rings is 1. The van der Waals surface area contributed by atoms with E-state index in [1.807, 2.05) is 0 Å². The zero-order valence-corrected chi connectivity index (χ0v) is 9.28. The third-order valence-corrected chi connectivity index (χ3v) is 2.61. The lowest BCUT2D eigenvalue weighted by Crippen LogP contribution is -2.22. The van der Waals surface area contributed by atoms with Crippen LogP contribution in [0.3, 0.4) is 0 Å². The lowest BCUT2D eigenvalue weighted by Gasteiger charge is -2.11. The summed E-state index contributed by atoms with van der Waals surface area (Å²) >= 11 is 5.98. The van der Waals surface area contributed by atoms with Gasteiger partial charge >= 0.3 is 5.97 Å². The van der Waals surface area contributed by atoms with Crippen molar-refractivity contribution in [2.24, 2.45) is 5.73 Å². The van der Waals surface area contributed by atoms with Crippen LogP contribution in [0.15, 0.2) is 12.1 Å². The monoisotopic (exact) mass is 243 g/mol. The molecule has 5 nitrogen and oxygen atoms in total. The Balaban J connectivity index is 2.38.